The highest BCUT2D eigenvalue weighted by Crippen LogP contribution is 2.32. The second-order valence-corrected chi connectivity index (χ2v) is 11.6. The van der Waals surface area contributed by atoms with Crippen molar-refractivity contribution in [1.82, 2.24) is 9.97 Å². The SMILES string of the molecule is CC(Cc1cc(-c2cccc(-c3ccc(C(C)(C)O)nc3)c2)c2ncccc2c1)S(C)(=O)=O. The fourth-order valence-electron chi connectivity index (χ4n) is 3.87. The van der Waals surface area contributed by atoms with Crippen molar-refractivity contribution >= 4 is 20.7 Å². The van der Waals surface area contributed by atoms with Crippen LogP contribution in [0.1, 0.15) is 32.0 Å². The standard InChI is InChI=1S/C27H28N2O3S/c1-18(33(4,31)32)13-19-14-22-9-6-12-28-26(22)24(15-19)21-8-5-7-20(16-21)23-10-11-25(29-17-23)27(2,3)30/h5-12,14-18,30H,13H2,1-4H3. The highest BCUT2D eigenvalue weighted by Gasteiger charge is 2.18. The molecule has 5 nitrogen and oxygen atoms in total. The topological polar surface area (TPSA) is 80.2 Å². The smallest absolute Gasteiger partial charge is 0.150 e. The third-order valence-corrected chi connectivity index (χ3v) is 7.54. The van der Waals surface area contributed by atoms with Gasteiger partial charge in [-0.1, -0.05) is 30.3 Å². The van der Waals surface area contributed by atoms with E-state index in [1.165, 1.54) is 6.26 Å². The molecule has 2 aromatic heterocycles. The number of sulfone groups is 1. The Labute approximate surface area is 195 Å². The molecule has 4 rings (SSSR count). The maximum atomic E-state index is 12.0. The largest absolute Gasteiger partial charge is 0.384 e. The van der Waals surface area contributed by atoms with Gasteiger partial charge in [-0.25, -0.2) is 8.42 Å². The molecule has 0 saturated carbocycles. The molecule has 0 fully saturated rings. The van der Waals surface area contributed by atoms with Crippen LogP contribution >= 0.6 is 0 Å². The number of pyridine rings is 2. The third kappa shape index (κ3) is 5.13. The Kier molecular flexibility index (Phi) is 6.08. The predicted octanol–water partition coefficient (Wildman–Crippen LogP) is 5.17. The number of hydrogen-bond donors (Lipinski definition) is 1. The molecule has 0 bridgehead atoms. The summed E-state index contributed by atoms with van der Waals surface area (Å²) < 4.78 is 24.0. The highest BCUT2D eigenvalue weighted by molar-refractivity contribution is 7.91. The zero-order valence-electron chi connectivity index (χ0n) is 19.3. The van der Waals surface area contributed by atoms with Crippen LogP contribution < -0.4 is 0 Å². The Balaban J connectivity index is 1.79. The first kappa shape index (κ1) is 23.1. The Bertz CT molecular complexity index is 1410. The van der Waals surface area contributed by atoms with Crippen molar-refractivity contribution in [3.63, 3.8) is 0 Å². The first-order valence-electron chi connectivity index (χ1n) is 10.9. The molecule has 0 radical (unpaired) electrons. The Hall–Kier alpha value is -3.09. The van der Waals surface area contributed by atoms with Gasteiger partial charge in [-0.3, -0.25) is 9.97 Å². The van der Waals surface area contributed by atoms with Gasteiger partial charge in [-0.2, -0.15) is 0 Å². The number of nitrogens with zero attached hydrogens (tertiary/aromatic N) is 2. The van der Waals surface area contributed by atoms with Crippen LogP contribution in [0.3, 0.4) is 0 Å². The number of hydrogen-bond acceptors (Lipinski definition) is 5. The molecule has 0 amide bonds. The van der Waals surface area contributed by atoms with E-state index in [0.29, 0.717) is 12.1 Å². The summed E-state index contributed by atoms with van der Waals surface area (Å²) in [6.07, 6.45) is 5.27. The average Bonchev–Trinajstić information content (AvgIpc) is 2.77. The number of fused-ring (bicyclic) bond motifs is 1. The van der Waals surface area contributed by atoms with Crippen molar-refractivity contribution < 1.29 is 13.5 Å². The molecule has 0 aliphatic carbocycles. The van der Waals surface area contributed by atoms with E-state index in [9.17, 15) is 13.5 Å². The van der Waals surface area contributed by atoms with E-state index in [-0.39, 0.29) is 0 Å². The van der Waals surface area contributed by atoms with Crippen LogP contribution in [0.25, 0.3) is 33.2 Å². The van der Waals surface area contributed by atoms with Gasteiger partial charge in [-0.15, -0.1) is 0 Å². The molecule has 1 unspecified atom stereocenters. The van der Waals surface area contributed by atoms with Crippen LogP contribution in [-0.2, 0) is 21.9 Å². The summed E-state index contributed by atoms with van der Waals surface area (Å²) >= 11 is 0. The van der Waals surface area contributed by atoms with Crippen molar-refractivity contribution in [3.05, 3.63) is 84.3 Å². The number of benzene rings is 2. The molecule has 1 N–H and O–H groups in total. The van der Waals surface area contributed by atoms with Gasteiger partial charge in [0.25, 0.3) is 0 Å². The summed E-state index contributed by atoms with van der Waals surface area (Å²) in [7, 11) is -3.13. The van der Waals surface area contributed by atoms with Crippen LogP contribution in [0.4, 0.5) is 0 Å². The Morgan fingerprint density at radius 3 is 2.36 bits per heavy atom. The number of aliphatic hydroxyl groups is 1. The van der Waals surface area contributed by atoms with Crippen LogP contribution in [0.2, 0.25) is 0 Å². The van der Waals surface area contributed by atoms with E-state index in [0.717, 1.165) is 38.7 Å². The molecule has 4 aromatic rings. The minimum atomic E-state index is -3.13. The van der Waals surface area contributed by atoms with Crippen molar-refractivity contribution in [1.29, 1.82) is 0 Å². The molecule has 170 valence electrons. The maximum absolute atomic E-state index is 12.0. The van der Waals surface area contributed by atoms with Crippen molar-refractivity contribution in [3.8, 4) is 22.3 Å². The molecule has 6 heteroatoms. The van der Waals surface area contributed by atoms with Gasteiger partial charge in [0.05, 0.1) is 16.5 Å². The third-order valence-electron chi connectivity index (χ3n) is 5.92. The fraction of sp³-hybridized carbons (Fsp3) is 0.259. The van der Waals surface area contributed by atoms with E-state index in [1.54, 1.807) is 33.2 Å². The van der Waals surface area contributed by atoms with Crippen LogP contribution in [0, 0.1) is 0 Å². The molecule has 33 heavy (non-hydrogen) atoms. The first-order valence-corrected chi connectivity index (χ1v) is 12.8. The predicted molar refractivity (Wildman–Crippen MR) is 134 cm³/mol. The fourth-order valence-corrected chi connectivity index (χ4v) is 4.36. The quantitative estimate of drug-likeness (QED) is 0.430. The lowest BCUT2D eigenvalue weighted by atomic mass is 9.94. The van der Waals surface area contributed by atoms with E-state index >= 15 is 0 Å². The summed E-state index contributed by atoms with van der Waals surface area (Å²) in [5, 5.41) is 10.7. The van der Waals surface area contributed by atoms with E-state index in [2.05, 4.69) is 16.0 Å². The summed E-state index contributed by atoms with van der Waals surface area (Å²) in [6, 6.07) is 19.9. The molecule has 2 aromatic carbocycles. The van der Waals surface area contributed by atoms with Gasteiger partial charge in [0.2, 0.25) is 0 Å². The maximum Gasteiger partial charge on any atom is 0.150 e. The lowest BCUT2D eigenvalue weighted by Crippen LogP contribution is -2.18. The van der Waals surface area contributed by atoms with Crippen LogP contribution in [-0.4, -0.2) is 35.0 Å². The average molecular weight is 461 g/mol. The number of rotatable bonds is 6. The van der Waals surface area contributed by atoms with Crippen molar-refractivity contribution in [2.24, 2.45) is 0 Å². The van der Waals surface area contributed by atoms with Gasteiger partial charge in [-0.05, 0) is 74.2 Å². The lowest BCUT2D eigenvalue weighted by Gasteiger charge is -2.16. The Morgan fingerprint density at radius 1 is 0.939 bits per heavy atom. The lowest BCUT2D eigenvalue weighted by molar-refractivity contribution is 0.0739. The van der Waals surface area contributed by atoms with E-state index < -0.39 is 20.7 Å². The number of aromatic nitrogens is 2. The van der Waals surface area contributed by atoms with Crippen LogP contribution in [0.5, 0.6) is 0 Å². The first-order chi connectivity index (χ1) is 15.5. The summed E-state index contributed by atoms with van der Waals surface area (Å²) in [5.74, 6) is 0. The van der Waals surface area contributed by atoms with Gasteiger partial charge in [0.15, 0.2) is 0 Å². The second kappa shape index (κ2) is 8.69. The zero-order chi connectivity index (χ0) is 23.8. The Morgan fingerprint density at radius 2 is 1.70 bits per heavy atom. The summed E-state index contributed by atoms with van der Waals surface area (Å²) in [6.45, 7) is 5.17. The van der Waals surface area contributed by atoms with Crippen molar-refractivity contribution in [2.75, 3.05) is 6.26 Å². The summed E-state index contributed by atoms with van der Waals surface area (Å²) in [4.78, 5) is 9.04. The van der Waals surface area contributed by atoms with Crippen molar-refractivity contribution in [2.45, 2.75) is 38.0 Å². The van der Waals surface area contributed by atoms with Crippen LogP contribution in [0.15, 0.2) is 73.1 Å². The second-order valence-electron chi connectivity index (χ2n) is 9.13. The molecular formula is C27H28N2O3S. The molecule has 0 aliphatic rings. The summed E-state index contributed by atoms with van der Waals surface area (Å²) in [5.41, 5.74) is 5.37. The normalized spacial score (nSPS) is 13.2. The van der Waals surface area contributed by atoms with Gasteiger partial charge in [0.1, 0.15) is 15.4 Å². The van der Waals surface area contributed by atoms with Gasteiger partial charge in [0, 0.05) is 35.2 Å². The highest BCUT2D eigenvalue weighted by atomic mass is 32.2. The molecule has 1 atom stereocenters. The molecule has 0 aliphatic heterocycles. The molecule has 2 heterocycles. The van der Waals surface area contributed by atoms with Gasteiger partial charge >= 0.3 is 0 Å². The minimum Gasteiger partial charge on any atom is -0.384 e. The van der Waals surface area contributed by atoms with E-state index in [4.69, 9.17) is 0 Å². The zero-order valence-corrected chi connectivity index (χ0v) is 20.1. The minimum absolute atomic E-state index is 0.443. The van der Waals surface area contributed by atoms with E-state index in [1.807, 2.05) is 54.6 Å². The monoisotopic (exact) mass is 460 g/mol. The molecule has 0 saturated heterocycles. The molecule has 0 spiro atoms. The van der Waals surface area contributed by atoms with Gasteiger partial charge < -0.3 is 5.11 Å². The molecular weight excluding hydrogens is 432 g/mol.